The molecule has 1 heterocycles. The van der Waals surface area contributed by atoms with E-state index in [0.29, 0.717) is 21.7 Å². The molecule has 3 rings (SSSR count). The monoisotopic (exact) mass is 307 g/mol. The van der Waals surface area contributed by atoms with Crippen LogP contribution in [0.2, 0.25) is 5.02 Å². The van der Waals surface area contributed by atoms with Gasteiger partial charge in [-0.2, -0.15) is 0 Å². The Hall–Kier alpha value is -1.98. The Labute approximate surface area is 122 Å². The van der Waals surface area contributed by atoms with Crippen molar-refractivity contribution >= 4 is 34.8 Å². The summed E-state index contributed by atoms with van der Waals surface area (Å²) in [5, 5.41) is 1.000. The van der Waals surface area contributed by atoms with Gasteiger partial charge in [-0.05, 0) is 36.4 Å². The van der Waals surface area contributed by atoms with Crippen LogP contribution in [-0.4, -0.2) is 4.57 Å². The zero-order chi connectivity index (χ0) is 14.3. The van der Waals surface area contributed by atoms with E-state index < -0.39 is 11.6 Å². The van der Waals surface area contributed by atoms with Gasteiger partial charge in [0.25, 0.3) is 0 Å². The molecule has 0 aliphatic rings. The topological polar surface area (TPSA) is 35.1 Å². The normalized spacial score (nSPS) is 10.9. The lowest BCUT2D eigenvalue weighted by Gasteiger charge is -2.07. The maximum atomic E-state index is 13.3. The molecular formula is C14H7ClFNO2S. The molecule has 100 valence electrons. The summed E-state index contributed by atoms with van der Waals surface area (Å²) in [5.74, 6) is -1.13. The van der Waals surface area contributed by atoms with E-state index in [4.69, 9.17) is 28.2 Å². The van der Waals surface area contributed by atoms with Crippen molar-refractivity contribution in [2.24, 2.45) is 0 Å². The Morgan fingerprint density at radius 3 is 2.75 bits per heavy atom. The summed E-state index contributed by atoms with van der Waals surface area (Å²) in [6.45, 7) is 0. The van der Waals surface area contributed by atoms with Crippen LogP contribution in [0.15, 0.2) is 51.7 Å². The zero-order valence-electron chi connectivity index (χ0n) is 9.97. The van der Waals surface area contributed by atoms with Gasteiger partial charge in [0.1, 0.15) is 16.0 Å². The molecule has 0 aliphatic heterocycles. The first-order valence-corrected chi connectivity index (χ1v) is 6.46. The zero-order valence-corrected chi connectivity index (χ0v) is 11.5. The van der Waals surface area contributed by atoms with Gasteiger partial charge in [0.15, 0.2) is 0 Å². The van der Waals surface area contributed by atoms with Crippen molar-refractivity contribution in [3.05, 3.63) is 68.5 Å². The van der Waals surface area contributed by atoms with Gasteiger partial charge in [-0.25, -0.2) is 13.8 Å². The highest BCUT2D eigenvalue weighted by molar-refractivity contribution is 7.71. The molecule has 0 unspecified atom stereocenters. The molecule has 3 aromatic rings. The highest BCUT2D eigenvalue weighted by Crippen LogP contribution is 2.20. The average molecular weight is 308 g/mol. The lowest BCUT2D eigenvalue weighted by atomic mass is 10.2. The van der Waals surface area contributed by atoms with Gasteiger partial charge in [-0.1, -0.05) is 29.9 Å². The van der Waals surface area contributed by atoms with Crippen LogP contribution in [0, 0.1) is 10.5 Å². The molecule has 2 aromatic carbocycles. The number of nitrogens with zero attached hydrogens (tertiary/aromatic N) is 1. The number of hydrogen-bond donors (Lipinski definition) is 0. The molecule has 0 saturated heterocycles. The van der Waals surface area contributed by atoms with E-state index in [9.17, 15) is 9.18 Å². The Balaban J connectivity index is 2.42. The minimum Gasteiger partial charge on any atom is -0.409 e. The van der Waals surface area contributed by atoms with Gasteiger partial charge in [0.05, 0.1) is 11.1 Å². The molecule has 0 N–H and O–H groups in total. The first kappa shape index (κ1) is 13.0. The summed E-state index contributed by atoms with van der Waals surface area (Å²) >= 11 is 11.2. The third kappa shape index (κ3) is 2.15. The largest absolute Gasteiger partial charge is 0.425 e. The van der Waals surface area contributed by atoms with E-state index in [-0.39, 0.29) is 4.64 Å². The summed E-state index contributed by atoms with van der Waals surface area (Å²) in [4.78, 5) is 12.0. The van der Waals surface area contributed by atoms with Gasteiger partial charge >= 0.3 is 5.76 Å². The SMILES string of the molecule is O=c1oc2ccc(Cl)cc2c(=S)n1-c1cccc(F)c1. The third-order valence-corrected chi connectivity index (χ3v) is 3.46. The fourth-order valence-electron chi connectivity index (χ4n) is 1.94. The van der Waals surface area contributed by atoms with E-state index in [1.165, 1.54) is 18.2 Å². The summed E-state index contributed by atoms with van der Waals surface area (Å²) in [6.07, 6.45) is 0. The average Bonchev–Trinajstić information content (AvgIpc) is 2.40. The van der Waals surface area contributed by atoms with Crippen LogP contribution < -0.4 is 5.76 Å². The standard InChI is InChI=1S/C14H7ClFNO2S/c15-8-4-5-12-11(6-8)13(20)17(14(18)19-12)10-3-1-2-9(16)7-10/h1-7H. The first-order chi connectivity index (χ1) is 9.56. The van der Waals surface area contributed by atoms with E-state index in [0.717, 1.165) is 4.57 Å². The smallest absolute Gasteiger partial charge is 0.409 e. The van der Waals surface area contributed by atoms with Crippen molar-refractivity contribution in [2.45, 2.75) is 0 Å². The number of hydrogen-bond acceptors (Lipinski definition) is 3. The molecule has 0 atom stereocenters. The van der Waals surface area contributed by atoms with E-state index in [1.807, 2.05) is 0 Å². The second-order valence-corrected chi connectivity index (χ2v) is 4.95. The maximum Gasteiger partial charge on any atom is 0.425 e. The number of aromatic nitrogens is 1. The molecule has 0 aliphatic carbocycles. The summed E-state index contributed by atoms with van der Waals surface area (Å²) < 4.78 is 19.8. The number of fused-ring (bicyclic) bond motifs is 1. The first-order valence-electron chi connectivity index (χ1n) is 5.67. The van der Waals surface area contributed by atoms with Gasteiger partial charge in [-0.15, -0.1) is 0 Å². The Morgan fingerprint density at radius 2 is 2.00 bits per heavy atom. The second-order valence-electron chi connectivity index (χ2n) is 4.13. The fraction of sp³-hybridized carbons (Fsp3) is 0. The molecule has 6 heteroatoms. The number of benzene rings is 2. The molecule has 0 saturated carbocycles. The molecule has 20 heavy (non-hydrogen) atoms. The van der Waals surface area contributed by atoms with Crippen molar-refractivity contribution in [1.29, 1.82) is 0 Å². The lowest BCUT2D eigenvalue weighted by molar-refractivity contribution is 0.506. The van der Waals surface area contributed by atoms with Crippen LogP contribution in [0.25, 0.3) is 16.7 Å². The van der Waals surface area contributed by atoms with Crippen LogP contribution in [0.5, 0.6) is 0 Å². The highest BCUT2D eigenvalue weighted by atomic mass is 35.5. The fourth-order valence-corrected chi connectivity index (χ4v) is 2.45. The summed E-state index contributed by atoms with van der Waals surface area (Å²) in [5.41, 5.74) is 0.655. The minimum absolute atomic E-state index is 0.226. The predicted octanol–water partition coefficient (Wildman–Crippen LogP) is 4.11. The predicted molar refractivity (Wildman–Crippen MR) is 77.6 cm³/mol. The van der Waals surface area contributed by atoms with Gasteiger partial charge in [-0.3, -0.25) is 0 Å². The van der Waals surface area contributed by atoms with Gasteiger partial charge in [0, 0.05) is 5.02 Å². The quantitative estimate of drug-likeness (QED) is 0.635. The third-order valence-electron chi connectivity index (χ3n) is 2.82. The summed E-state index contributed by atoms with van der Waals surface area (Å²) in [7, 11) is 0. The second kappa shape index (κ2) is 4.85. The number of halogens is 2. The molecular weight excluding hydrogens is 301 g/mol. The van der Waals surface area contributed by atoms with Crippen LogP contribution >= 0.6 is 23.8 Å². The van der Waals surface area contributed by atoms with E-state index in [2.05, 4.69) is 0 Å². The van der Waals surface area contributed by atoms with Crippen molar-refractivity contribution in [2.75, 3.05) is 0 Å². The van der Waals surface area contributed by atoms with Crippen molar-refractivity contribution in [3.8, 4) is 5.69 Å². The lowest BCUT2D eigenvalue weighted by Crippen LogP contribution is -2.18. The Morgan fingerprint density at radius 1 is 1.20 bits per heavy atom. The molecule has 0 fully saturated rings. The molecule has 0 bridgehead atoms. The maximum absolute atomic E-state index is 13.3. The molecule has 1 aromatic heterocycles. The van der Waals surface area contributed by atoms with Crippen molar-refractivity contribution in [3.63, 3.8) is 0 Å². The van der Waals surface area contributed by atoms with Crippen molar-refractivity contribution < 1.29 is 8.81 Å². The Kier molecular flexibility index (Phi) is 3.16. The van der Waals surface area contributed by atoms with Crippen LogP contribution in [0.1, 0.15) is 0 Å². The Bertz CT molecular complexity index is 932. The van der Waals surface area contributed by atoms with Gasteiger partial charge in [0.2, 0.25) is 0 Å². The molecule has 0 spiro atoms. The van der Waals surface area contributed by atoms with Gasteiger partial charge < -0.3 is 4.42 Å². The van der Waals surface area contributed by atoms with Crippen molar-refractivity contribution in [1.82, 2.24) is 4.57 Å². The molecule has 3 nitrogen and oxygen atoms in total. The summed E-state index contributed by atoms with van der Waals surface area (Å²) in [6, 6.07) is 10.4. The van der Waals surface area contributed by atoms with E-state index in [1.54, 1.807) is 24.3 Å². The number of rotatable bonds is 1. The van der Waals surface area contributed by atoms with Crippen LogP contribution in [-0.2, 0) is 0 Å². The molecule has 0 amide bonds. The van der Waals surface area contributed by atoms with Crippen LogP contribution in [0.4, 0.5) is 4.39 Å². The molecule has 0 radical (unpaired) electrons. The van der Waals surface area contributed by atoms with Crippen LogP contribution in [0.3, 0.4) is 0 Å². The minimum atomic E-state index is -0.671. The van der Waals surface area contributed by atoms with E-state index >= 15 is 0 Å². The highest BCUT2D eigenvalue weighted by Gasteiger charge is 2.09.